The summed E-state index contributed by atoms with van der Waals surface area (Å²) in [7, 11) is -0.707. The monoisotopic (exact) mass is 276 g/mol. The zero-order valence-electron chi connectivity index (χ0n) is 10.3. The third-order valence-electron chi connectivity index (χ3n) is 2.61. The van der Waals surface area contributed by atoms with Gasteiger partial charge in [-0.25, -0.2) is 17.5 Å². The van der Waals surface area contributed by atoms with Crippen molar-refractivity contribution in [2.45, 2.75) is 17.0 Å². The highest BCUT2D eigenvalue weighted by Crippen LogP contribution is 2.21. The molecule has 2 atom stereocenters. The molecule has 0 unspecified atom stereocenters. The minimum Gasteiger partial charge on any atom is -0.375 e. The van der Waals surface area contributed by atoms with Gasteiger partial charge in [0.15, 0.2) is 0 Å². The van der Waals surface area contributed by atoms with Crippen molar-refractivity contribution in [1.29, 1.82) is 0 Å². The number of halogens is 1. The van der Waals surface area contributed by atoms with Gasteiger partial charge in [-0.15, -0.1) is 0 Å². The number of ether oxygens (including phenoxy) is 1. The van der Waals surface area contributed by atoms with Gasteiger partial charge in [0.1, 0.15) is 6.67 Å². The van der Waals surface area contributed by atoms with Crippen LogP contribution in [-0.2, 0) is 14.8 Å². The van der Waals surface area contributed by atoms with Gasteiger partial charge >= 0.3 is 0 Å². The second-order valence-electron chi connectivity index (χ2n) is 3.75. The summed E-state index contributed by atoms with van der Waals surface area (Å²) >= 11 is 0. The van der Waals surface area contributed by atoms with Crippen molar-refractivity contribution in [2.24, 2.45) is 5.73 Å². The maximum absolute atomic E-state index is 12.5. The molecule has 0 saturated heterocycles. The van der Waals surface area contributed by atoms with E-state index in [1.807, 2.05) is 0 Å². The van der Waals surface area contributed by atoms with Crippen LogP contribution in [0.2, 0.25) is 0 Å². The minimum absolute atomic E-state index is 0.137. The average Bonchev–Trinajstić information content (AvgIpc) is 2.40. The van der Waals surface area contributed by atoms with Crippen LogP contribution in [0.25, 0.3) is 0 Å². The van der Waals surface area contributed by atoms with Crippen molar-refractivity contribution in [3.8, 4) is 0 Å². The molecule has 0 aliphatic heterocycles. The second-order valence-corrected chi connectivity index (χ2v) is 5.64. The molecule has 0 spiro atoms. The Labute approximate surface area is 106 Å². The number of sulfonamides is 1. The molecule has 0 aliphatic carbocycles. The van der Waals surface area contributed by atoms with Gasteiger partial charge < -0.3 is 10.5 Å². The van der Waals surface area contributed by atoms with E-state index in [4.69, 9.17) is 10.5 Å². The summed E-state index contributed by atoms with van der Waals surface area (Å²) in [6.07, 6.45) is -0.596. The number of nitrogens with two attached hydrogens (primary N) is 1. The zero-order valence-corrected chi connectivity index (χ0v) is 11.1. The molecule has 5 nitrogen and oxygen atoms in total. The lowest BCUT2D eigenvalue weighted by Gasteiger charge is -2.20. The number of hydrogen-bond donors (Lipinski definition) is 2. The number of methoxy groups -OCH3 is 1. The summed E-state index contributed by atoms with van der Waals surface area (Å²) in [4.78, 5) is 0.137. The van der Waals surface area contributed by atoms with Crippen LogP contribution >= 0.6 is 0 Å². The first kappa shape index (κ1) is 15.0. The lowest BCUT2D eigenvalue weighted by Crippen LogP contribution is -2.31. The summed E-state index contributed by atoms with van der Waals surface area (Å²) in [6, 6.07) is 5.21. The Morgan fingerprint density at radius 3 is 2.33 bits per heavy atom. The van der Waals surface area contributed by atoms with Crippen molar-refractivity contribution < 1.29 is 17.5 Å². The number of hydrogen-bond acceptors (Lipinski definition) is 4. The summed E-state index contributed by atoms with van der Waals surface area (Å²) in [5.74, 6) is 0. The van der Waals surface area contributed by atoms with Crippen LogP contribution in [0, 0.1) is 0 Å². The molecule has 1 rings (SSSR count). The zero-order chi connectivity index (χ0) is 13.8. The molecule has 18 heavy (non-hydrogen) atoms. The third kappa shape index (κ3) is 3.26. The second kappa shape index (κ2) is 6.24. The van der Waals surface area contributed by atoms with E-state index in [1.165, 1.54) is 26.3 Å². The predicted octanol–water partition coefficient (Wildman–Crippen LogP) is 0.579. The Morgan fingerprint density at radius 1 is 1.39 bits per heavy atom. The van der Waals surface area contributed by atoms with Crippen molar-refractivity contribution in [3.05, 3.63) is 29.8 Å². The van der Waals surface area contributed by atoms with Crippen LogP contribution in [0.5, 0.6) is 0 Å². The largest absolute Gasteiger partial charge is 0.375 e. The number of rotatable bonds is 6. The molecule has 0 bridgehead atoms. The van der Waals surface area contributed by atoms with Crippen molar-refractivity contribution >= 4 is 10.0 Å². The van der Waals surface area contributed by atoms with E-state index < -0.39 is 28.8 Å². The normalized spacial score (nSPS) is 15.3. The van der Waals surface area contributed by atoms with Gasteiger partial charge in [0.05, 0.1) is 17.0 Å². The Morgan fingerprint density at radius 2 is 1.94 bits per heavy atom. The van der Waals surface area contributed by atoms with Gasteiger partial charge in [0, 0.05) is 7.11 Å². The SMILES string of the molecule is CNS(=O)(=O)c1ccc([C@@H](OC)[C@H](N)CF)cc1. The third-order valence-corrected chi connectivity index (χ3v) is 4.04. The molecule has 0 aromatic heterocycles. The fraction of sp³-hybridized carbons (Fsp3) is 0.455. The molecule has 1 aromatic rings. The van der Waals surface area contributed by atoms with Gasteiger partial charge in [-0.05, 0) is 24.7 Å². The standard InChI is InChI=1S/C11H17FN2O3S/c1-14-18(15,16)9-5-3-8(4-6-9)11(17-2)10(13)7-12/h3-6,10-11,14H,7,13H2,1-2H3/t10-,11-/m1/s1. The summed E-state index contributed by atoms with van der Waals surface area (Å²) < 4.78 is 42.9. The topological polar surface area (TPSA) is 81.4 Å². The molecule has 0 saturated carbocycles. The van der Waals surface area contributed by atoms with E-state index >= 15 is 0 Å². The molecule has 0 aliphatic rings. The van der Waals surface area contributed by atoms with E-state index in [0.717, 1.165) is 0 Å². The van der Waals surface area contributed by atoms with Crippen LogP contribution in [0.15, 0.2) is 29.2 Å². The number of nitrogens with one attached hydrogen (secondary N) is 1. The van der Waals surface area contributed by atoms with Crippen molar-refractivity contribution in [1.82, 2.24) is 4.72 Å². The molecule has 102 valence electrons. The lowest BCUT2D eigenvalue weighted by molar-refractivity contribution is 0.0720. The summed E-state index contributed by atoms with van der Waals surface area (Å²) in [6.45, 7) is -0.713. The van der Waals surface area contributed by atoms with Gasteiger partial charge in [-0.3, -0.25) is 0 Å². The Bertz CT molecular complexity index is 476. The van der Waals surface area contributed by atoms with Gasteiger partial charge in [-0.2, -0.15) is 0 Å². The van der Waals surface area contributed by atoms with Crippen LogP contribution in [-0.4, -0.2) is 35.3 Å². The highest BCUT2D eigenvalue weighted by atomic mass is 32.2. The number of benzene rings is 1. The van der Waals surface area contributed by atoms with Crippen molar-refractivity contribution in [2.75, 3.05) is 20.8 Å². The molecular weight excluding hydrogens is 259 g/mol. The first-order chi connectivity index (χ1) is 8.46. The van der Waals surface area contributed by atoms with Crippen LogP contribution < -0.4 is 10.5 Å². The van der Waals surface area contributed by atoms with Gasteiger partial charge in [0.25, 0.3) is 0 Å². The average molecular weight is 276 g/mol. The van der Waals surface area contributed by atoms with E-state index in [9.17, 15) is 12.8 Å². The predicted molar refractivity (Wildman–Crippen MR) is 66.4 cm³/mol. The molecule has 0 amide bonds. The Balaban J connectivity index is 3.02. The van der Waals surface area contributed by atoms with Crippen LogP contribution in [0.3, 0.4) is 0 Å². The molecule has 7 heteroatoms. The van der Waals surface area contributed by atoms with Gasteiger partial charge in [-0.1, -0.05) is 12.1 Å². The molecule has 0 fully saturated rings. The van der Waals surface area contributed by atoms with E-state index in [0.29, 0.717) is 5.56 Å². The van der Waals surface area contributed by atoms with E-state index in [1.54, 1.807) is 12.1 Å². The summed E-state index contributed by atoms with van der Waals surface area (Å²) in [5.41, 5.74) is 6.22. The smallest absolute Gasteiger partial charge is 0.240 e. The Hall–Kier alpha value is -1.02. The summed E-state index contributed by atoms with van der Waals surface area (Å²) in [5, 5.41) is 0. The van der Waals surface area contributed by atoms with Gasteiger partial charge in [0.2, 0.25) is 10.0 Å². The number of alkyl halides is 1. The molecule has 1 aromatic carbocycles. The van der Waals surface area contributed by atoms with E-state index in [-0.39, 0.29) is 4.90 Å². The molecule has 0 radical (unpaired) electrons. The first-order valence-corrected chi connectivity index (χ1v) is 6.82. The maximum Gasteiger partial charge on any atom is 0.240 e. The molecular formula is C11H17FN2O3S. The fourth-order valence-electron chi connectivity index (χ4n) is 1.59. The maximum atomic E-state index is 12.5. The highest BCUT2D eigenvalue weighted by molar-refractivity contribution is 7.89. The Kier molecular flexibility index (Phi) is 5.21. The lowest BCUT2D eigenvalue weighted by atomic mass is 10.0. The van der Waals surface area contributed by atoms with Crippen molar-refractivity contribution in [3.63, 3.8) is 0 Å². The first-order valence-electron chi connectivity index (χ1n) is 5.34. The molecule has 0 heterocycles. The highest BCUT2D eigenvalue weighted by Gasteiger charge is 2.20. The molecule has 3 N–H and O–H groups in total. The fourth-order valence-corrected chi connectivity index (χ4v) is 2.32. The van der Waals surface area contributed by atoms with Crippen LogP contribution in [0.4, 0.5) is 4.39 Å². The van der Waals surface area contributed by atoms with E-state index in [2.05, 4.69) is 4.72 Å². The van der Waals surface area contributed by atoms with Crippen LogP contribution in [0.1, 0.15) is 11.7 Å². The quantitative estimate of drug-likeness (QED) is 0.796. The minimum atomic E-state index is -3.47.